The topological polar surface area (TPSA) is 79.6 Å². The summed E-state index contributed by atoms with van der Waals surface area (Å²) in [7, 11) is 0. The van der Waals surface area contributed by atoms with Gasteiger partial charge in [-0.05, 0) is 54.0 Å². The van der Waals surface area contributed by atoms with Crippen LogP contribution in [0.5, 0.6) is 0 Å². The summed E-state index contributed by atoms with van der Waals surface area (Å²) in [5.74, 6) is 1.40. The van der Waals surface area contributed by atoms with Gasteiger partial charge in [-0.25, -0.2) is 4.98 Å². The number of nitrogens with two attached hydrogens (primary N) is 1. The molecular formula is C18H21N5. The molecule has 0 atom stereocenters. The third-order valence-electron chi connectivity index (χ3n) is 4.62. The molecule has 118 valence electrons. The first kappa shape index (κ1) is 14.1. The average Bonchev–Trinajstić information content (AvgIpc) is 2.99. The summed E-state index contributed by atoms with van der Waals surface area (Å²) in [6, 6.07) is 8.50. The number of fused-ring (bicyclic) bond motifs is 2. The van der Waals surface area contributed by atoms with Crippen LogP contribution in [0.25, 0.3) is 11.0 Å². The Morgan fingerprint density at radius 2 is 2.09 bits per heavy atom. The standard InChI is InChI=1S/C18H21N5/c1-10-7-12-15(19)22-23-17(12)21-16(10)20-14-6-4-5-11-8-18(2,3)9-13(11)14/h4-7H,8-9H2,1-3H3,(H4,19,20,21,22,23). The number of nitrogen functional groups attached to an aromatic ring is 1. The number of anilines is 3. The maximum Gasteiger partial charge on any atom is 0.185 e. The number of aromatic nitrogens is 3. The Morgan fingerprint density at radius 1 is 1.26 bits per heavy atom. The van der Waals surface area contributed by atoms with Crippen LogP contribution >= 0.6 is 0 Å². The summed E-state index contributed by atoms with van der Waals surface area (Å²) in [6.45, 7) is 6.67. The zero-order valence-electron chi connectivity index (χ0n) is 13.7. The van der Waals surface area contributed by atoms with Gasteiger partial charge < -0.3 is 11.1 Å². The maximum absolute atomic E-state index is 5.87. The predicted octanol–water partition coefficient (Wildman–Crippen LogP) is 3.72. The van der Waals surface area contributed by atoms with E-state index in [-0.39, 0.29) is 0 Å². The SMILES string of the molecule is Cc1cc2c(N)[nH]nc2nc1Nc1cccc2c1CC(C)(C)C2. The molecule has 0 fully saturated rings. The lowest BCUT2D eigenvalue weighted by Crippen LogP contribution is -2.10. The van der Waals surface area contributed by atoms with E-state index in [1.165, 1.54) is 11.1 Å². The Balaban J connectivity index is 1.75. The summed E-state index contributed by atoms with van der Waals surface area (Å²) in [5, 5.41) is 11.3. The van der Waals surface area contributed by atoms with Crippen LogP contribution in [0.15, 0.2) is 24.3 Å². The molecule has 0 saturated heterocycles. The third kappa shape index (κ3) is 2.32. The molecule has 4 N–H and O–H groups in total. The molecule has 2 heterocycles. The molecule has 5 nitrogen and oxygen atoms in total. The number of nitrogens with zero attached hydrogens (tertiary/aromatic N) is 2. The van der Waals surface area contributed by atoms with Crippen LogP contribution in [0.2, 0.25) is 0 Å². The molecule has 0 aliphatic heterocycles. The molecule has 1 aliphatic rings. The van der Waals surface area contributed by atoms with Crippen molar-refractivity contribution in [1.29, 1.82) is 0 Å². The van der Waals surface area contributed by atoms with Gasteiger partial charge in [-0.1, -0.05) is 26.0 Å². The van der Waals surface area contributed by atoms with Gasteiger partial charge in [0.15, 0.2) is 5.65 Å². The van der Waals surface area contributed by atoms with Gasteiger partial charge in [0.05, 0.1) is 5.39 Å². The number of hydrogen-bond donors (Lipinski definition) is 3. The van der Waals surface area contributed by atoms with Crippen LogP contribution in [0, 0.1) is 12.3 Å². The zero-order valence-corrected chi connectivity index (χ0v) is 13.7. The smallest absolute Gasteiger partial charge is 0.185 e. The van der Waals surface area contributed by atoms with Crippen LogP contribution in [0.1, 0.15) is 30.5 Å². The first-order valence-corrected chi connectivity index (χ1v) is 7.92. The number of H-pyrrole nitrogens is 1. The van der Waals surface area contributed by atoms with E-state index in [0.29, 0.717) is 16.9 Å². The van der Waals surface area contributed by atoms with E-state index in [1.807, 2.05) is 13.0 Å². The fourth-order valence-electron chi connectivity index (χ4n) is 3.50. The van der Waals surface area contributed by atoms with Gasteiger partial charge in [-0.2, -0.15) is 5.10 Å². The minimum Gasteiger partial charge on any atom is -0.384 e. The van der Waals surface area contributed by atoms with Crippen LogP contribution < -0.4 is 11.1 Å². The van der Waals surface area contributed by atoms with Crippen molar-refractivity contribution in [2.45, 2.75) is 33.6 Å². The molecule has 0 amide bonds. The van der Waals surface area contributed by atoms with Crippen molar-refractivity contribution in [3.8, 4) is 0 Å². The van der Waals surface area contributed by atoms with Crippen molar-refractivity contribution in [3.05, 3.63) is 41.0 Å². The van der Waals surface area contributed by atoms with Gasteiger partial charge in [0.1, 0.15) is 11.6 Å². The summed E-state index contributed by atoms with van der Waals surface area (Å²) in [6.07, 6.45) is 2.21. The van der Waals surface area contributed by atoms with Crippen LogP contribution in [0.4, 0.5) is 17.3 Å². The molecule has 0 bridgehead atoms. The first-order valence-electron chi connectivity index (χ1n) is 7.92. The van der Waals surface area contributed by atoms with Gasteiger partial charge in [-0.3, -0.25) is 5.10 Å². The molecule has 0 unspecified atom stereocenters. The Labute approximate surface area is 135 Å². The Morgan fingerprint density at radius 3 is 2.91 bits per heavy atom. The maximum atomic E-state index is 5.87. The van der Waals surface area contributed by atoms with Gasteiger partial charge >= 0.3 is 0 Å². The van der Waals surface area contributed by atoms with Gasteiger partial charge in [0.2, 0.25) is 0 Å². The Bertz CT molecular complexity index is 907. The van der Waals surface area contributed by atoms with E-state index in [2.05, 4.69) is 52.5 Å². The highest BCUT2D eigenvalue weighted by atomic mass is 15.2. The largest absolute Gasteiger partial charge is 0.384 e. The van der Waals surface area contributed by atoms with Crippen molar-refractivity contribution in [2.24, 2.45) is 5.41 Å². The Kier molecular flexibility index (Phi) is 2.88. The second kappa shape index (κ2) is 4.72. The summed E-state index contributed by atoms with van der Waals surface area (Å²) in [5.41, 5.74) is 11.9. The fraction of sp³-hybridized carbons (Fsp3) is 0.333. The lowest BCUT2D eigenvalue weighted by atomic mass is 9.90. The Hall–Kier alpha value is -2.56. The van der Waals surface area contributed by atoms with E-state index in [4.69, 9.17) is 5.73 Å². The number of aryl methyl sites for hydroxylation is 1. The number of hydrogen-bond acceptors (Lipinski definition) is 4. The first-order chi connectivity index (χ1) is 10.9. The van der Waals surface area contributed by atoms with E-state index >= 15 is 0 Å². The molecule has 23 heavy (non-hydrogen) atoms. The molecular weight excluding hydrogens is 286 g/mol. The molecule has 1 aromatic carbocycles. The minimum absolute atomic E-state index is 0.323. The number of pyridine rings is 1. The highest BCUT2D eigenvalue weighted by molar-refractivity contribution is 5.88. The molecule has 4 rings (SSSR count). The lowest BCUT2D eigenvalue weighted by molar-refractivity contribution is 0.393. The van der Waals surface area contributed by atoms with E-state index in [1.54, 1.807) is 0 Å². The van der Waals surface area contributed by atoms with E-state index < -0.39 is 0 Å². The van der Waals surface area contributed by atoms with Crippen molar-refractivity contribution >= 4 is 28.4 Å². The highest BCUT2D eigenvalue weighted by Gasteiger charge is 2.30. The number of benzene rings is 1. The van der Waals surface area contributed by atoms with Gasteiger partial charge in [0, 0.05) is 5.69 Å². The summed E-state index contributed by atoms with van der Waals surface area (Å²) < 4.78 is 0. The van der Waals surface area contributed by atoms with Crippen molar-refractivity contribution in [3.63, 3.8) is 0 Å². The fourth-order valence-corrected chi connectivity index (χ4v) is 3.50. The normalized spacial score (nSPS) is 15.8. The van der Waals surface area contributed by atoms with Gasteiger partial charge in [0.25, 0.3) is 0 Å². The second-order valence-electron chi connectivity index (χ2n) is 7.25. The quantitative estimate of drug-likeness (QED) is 0.674. The van der Waals surface area contributed by atoms with Crippen molar-refractivity contribution < 1.29 is 0 Å². The molecule has 3 aromatic rings. The van der Waals surface area contributed by atoms with Crippen LogP contribution in [-0.2, 0) is 12.8 Å². The molecule has 0 radical (unpaired) electrons. The minimum atomic E-state index is 0.323. The number of nitrogens with one attached hydrogen (secondary N) is 2. The lowest BCUT2D eigenvalue weighted by Gasteiger charge is -2.16. The number of aromatic amines is 1. The summed E-state index contributed by atoms with van der Waals surface area (Å²) in [4.78, 5) is 4.62. The van der Waals surface area contributed by atoms with Crippen LogP contribution in [0.3, 0.4) is 0 Å². The van der Waals surface area contributed by atoms with Crippen molar-refractivity contribution in [1.82, 2.24) is 15.2 Å². The highest BCUT2D eigenvalue weighted by Crippen LogP contribution is 2.40. The van der Waals surface area contributed by atoms with E-state index in [0.717, 1.165) is 35.3 Å². The zero-order chi connectivity index (χ0) is 16.2. The van der Waals surface area contributed by atoms with Crippen LogP contribution in [-0.4, -0.2) is 15.2 Å². The average molecular weight is 307 g/mol. The molecule has 0 saturated carbocycles. The molecule has 2 aromatic heterocycles. The van der Waals surface area contributed by atoms with E-state index in [9.17, 15) is 0 Å². The number of rotatable bonds is 2. The molecule has 1 aliphatic carbocycles. The third-order valence-corrected chi connectivity index (χ3v) is 4.62. The molecule has 5 heteroatoms. The predicted molar refractivity (Wildman–Crippen MR) is 94.0 cm³/mol. The monoisotopic (exact) mass is 307 g/mol. The van der Waals surface area contributed by atoms with Gasteiger partial charge in [-0.15, -0.1) is 0 Å². The summed E-state index contributed by atoms with van der Waals surface area (Å²) >= 11 is 0. The molecule has 0 spiro atoms. The second-order valence-corrected chi connectivity index (χ2v) is 7.25. The van der Waals surface area contributed by atoms with Crippen molar-refractivity contribution in [2.75, 3.05) is 11.1 Å².